The van der Waals surface area contributed by atoms with E-state index in [9.17, 15) is 4.79 Å². The molecular formula is C24H39N5O2. The summed E-state index contributed by atoms with van der Waals surface area (Å²) in [6.45, 7) is 10.6. The molecular weight excluding hydrogens is 390 g/mol. The lowest BCUT2D eigenvalue weighted by atomic mass is 9.96. The Kier molecular flexibility index (Phi) is 8.72. The number of hydrogen-bond donors (Lipinski definition) is 2. The number of hydrogen-bond acceptors (Lipinski definition) is 4. The molecule has 0 bridgehead atoms. The van der Waals surface area contributed by atoms with E-state index in [1.54, 1.807) is 0 Å². The van der Waals surface area contributed by atoms with Gasteiger partial charge in [0.05, 0.1) is 13.2 Å². The van der Waals surface area contributed by atoms with Gasteiger partial charge in [-0.15, -0.1) is 0 Å². The van der Waals surface area contributed by atoms with Crippen LogP contribution in [-0.2, 0) is 9.53 Å². The maximum Gasteiger partial charge on any atom is 0.220 e. The number of nitrogens with two attached hydrogens (primary N) is 1. The van der Waals surface area contributed by atoms with Crippen molar-refractivity contribution in [1.82, 2.24) is 15.1 Å². The van der Waals surface area contributed by atoms with Crippen LogP contribution in [0.5, 0.6) is 0 Å². The summed E-state index contributed by atoms with van der Waals surface area (Å²) >= 11 is 0. The van der Waals surface area contributed by atoms with E-state index in [-0.39, 0.29) is 17.9 Å². The van der Waals surface area contributed by atoms with E-state index < -0.39 is 0 Å². The topological polar surface area (TPSA) is 83.2 Å². The molecule has 0 aromatic heterocycles. The summed E-state index contributed by atoms with van der Waals surface area (Å²) in [7, 11) is 1.85. The molecule has 2 fully saturated rings. The van der Waals surface area contributed by atoms with Crippen LogP contribution in [0.4, 0.5) is 0 Å². The first-order valence-electron chi connectivity index (χ1n) is 11.6. The highest BCUT2D eigenvalue weighted by atomic mass is 16.5. The lowest BCUT2D eigenvalue weighted by molar-refractivity contribution is -0.123. The van der Waals surface area contributed by atoms with Gasteiger partial charge in [0.1, 0.15) is 6.10 Å². The molecule has 1 unspecified atom stereocenters. The number of benzene rings is 1. The van der Waals surface area contributed by atoms with Gasteiger partial charge in [0.15, 0.2) is 5.96 Å². The molecule has 1 atom stereocenters. The van der Waals surface area contributed by atoms with Gasteiger partial charge < -0.3 is 25.6 Å². The van der Waals surface area contributed by atoms with Gasteiger partial charge >= 0.3 is 0 Å². The third kappa shape index (κ3) is 6.68. The SMILES string of the molecule is CN=C(NCCCCN1CCC(C(N)=O)CC1)N1CCOC(c2ccc(C)cc2C)C1. The second-order valence-corrected chi connectivity index (χ2v) is 8.86. The molecule has 1 aromatic rings. The first-order valence-corrected chi connectivity index (χ1v) is 11.6. The molecule has 0 radical (unpaired) electrons. The van der Waals surface area contributed by atoms with E-state index in [0.717, 1.165) is 70.9 Å². The van der Waals surface area contributed by atoms with Gasteiger partial charge in [-0.3, -0.25) is 9.79 Å². The Morgan fingerprint density at radius 1 is 1.23 bits per heavy atom. The second-order valence-electron chi connectivity index (χ2n) is 8.86. The fourth-order valence-electron chi connectivity index (χ4n) is 4.65. The van der Waals surface area contributed by atoms with Crippen molar-refractivity contribution in [1.29, 1.82) is 0 Å². The highest BCUT2D eigenvalue weighted by Gasteiger charge is 2.25. The first kappa shape index (κ1) is 23.5. The number of carbonyl (C=O) groups is 1. The van der Waals surface area contributed by atoms with Gasteiger partial charge in [-0.2, -0.15) is 0 Å². The van der Waals surface area contributed by atoms with Crippen LogP contribution in [0.25, 0.3) is 0 Å². The molecule has 2 heterocycles. The van der Waals surface area contributed by atoms with Crippen LogP contribution in [0.2, 0.25) is 0 Å². The Labute approximate surface area is 187 Å². The number of piperidine rings is 1. The van der Waals surface area contributed by atoms with Gasteiger partial charge in [0, 0.05) is 26.1 Å². The van der Waals surface area contributed by atoms with Crippen molar-refractivity contribution in [2.45, 2.75) is 45.6 Å². The van der Waals surface area contributed by atoms with Gasteiger partial charge in [-0.1, -0.05) is 23.8 Å². The Balaban J connectivity index is 1.39. The molecule has 1 amide bonds. The van der Waals surface area contributed by atoms with Crippen LogP contribution in [0.1, 0.15) is 48.5 Å². The molecule has 2 aliphatic heterocycles. The van der Waals surface area contributed by atoms with Gasteiger partial charge in [0.25, 0.3) is 0 Å². The van der Waals surface area contributed by atoms with E-state index in [0.29, 0.717) is 6.61 Å². The summed E-state index contributed by atoms with van der Waals surface area (Å²) in [5, 5.41) is 3.54. The number of amides is 1. The highest BCUT2D eigenvalue weighted by molar-refractivity contribution is 5.80. The number of primary amides is 1. The van der Waals surface area contributed by atoms with Crippen LogP contribution in [0.3, 0.4) is 0 Å². The number of aliphatic imine (C=N–C) groups is 1. The minimum absolute atomic E-state index is 0.0716. The predicted molar refractivity (Wildman–Crippen MR) is 125 cm³/mol. The summed E-state index contributed by atoms with van der Waals surface area (Å²) in [6, 6.07) is 6.58. The number of nitrogens with zero attached hydrogens (tertiary/aromatic N) is 3. The summed E-state index contributed by atoms with van der Waals surface area (Å²) in [6.07, 6.45) is 4.12. The zero-order valence-electron chi connectivity index (χ0n) is 19.4. The van der Waals surface area contributed by atoms with E-state index >= 15 is 0 Å². The van der Waals surface area contributed by atoms with Crippen molar-refractivity contribution in [3.8, 4) is 0 Å². The van der Waals surface area contributed by atoms with Gasteiger partial charge in [-0.25, -0.2) is 0 Å². The monoisotopic (exact) mass is 429 g/mol. The minimum Gasteiger partial charge on any atom is -0.370 e. The molecule has 31 heavy (non-hydrogen) atoms. The lowest BCUT2D eigenvalue weighted by Crippen LogP contribution is -2.48. The van der Waals surface area contributed by atoms with Crippen LogP contribution < -0.4 is 11.1 Å². The van der Waals surface area contributed by atoms with Crippen molar-refractivity contribution in [2.24, 2.45) is 16.6 Å². The Bertz CT molecular complexity index is 758. The van der Waals surface area contributed by atoms with Crippen molar-refractivity contribution in [3.63, 3.8) is 0 Å². The summed E-state index contributed by atoms with van der Waals surface area (Å²) in [5.41, 5.74) is 9.26. The normalized spacial score (nSPS) is 21.3. The zero-order valence-corrected chi connectivity index (χ0v) is 19.4. The Morgan fingerprint density at radius 3 is 2.68 bits per heavy atom. The maximum atomic E-state index is 11.3. The van der Waals surface area contributed by atoms with Crippen molar-refractivity contribution in [2.75, 3.05) is 52.9 Å². The van der Waals surface area contributed by atoms with E-state index in [4.69, 9.17) is 10.5 Å². The number of likely N-dealkylation sites (tertiary alicyclic amines) is 1. The predicted octanol–water partition coefficient (Wildman–Crippen LogP) is 2.23. The minimum atomic E-state index is -0.141. The Morgan fingerprint density at radius 2 is 2.00 bits per heavy atom. The third-order valence-electron chi connectivity index (χ3n) is 6.52. The van der Waals surface area contributed by atoms with Gasteiger partial charge in [0.2, 0.25) is 5.91 Å². The van der Waals surface area contributed by atoms with Crippen LogP contribution in [0.15, 0.2) is 23.2 Å². The molecule has 7 heteroatoms. The fourth-order valence-corrected chi connectivity index (χ4v) is 4.65. The van der Waals surface area contributed by atoms with Crippen molar-refractivity contribution >= 4 is 11.9 Å². The third-order valence-corrected chi connectivity index (χ3v) is 6.52. The number of aryl methyl sites for hydroxylation is 2. The number of rotatable bonds is 7. The van der Waals surface area contributed by atoms with E-state index in [1.165, 1.54) is 16.7 Å². The number of ether oxygens (including phenoxy) is 1. The molecule has 1 aromatic carbocycles. The lowest BCUT2D eigenvalue weighted by Gasteiger charge is -2.36. The number of unbranched alkanes of at least 4 members (excludes halogenated alkanes) is 1. The number of guanidine groups is 1. The molecule has 3 N–H and O–H groups in total. The number of nitrogens with one attached hydrogen (secondary N) is 1. The van der Waals surface area contributed by atoms with Gasteiger partial charge in [-0.05, 0) is 70.3 Å². The van der Waals surface area contributed by atoms with Crippen molar-refractivity contribution < 1.29 is 9.53 Å². The van der Waals surface area contributed by atoms with Crippen LogP contribution in [-0.4, -0.2) is 74.6 Å². The first-order chi connectivity index (χ1) is 15.0. The standard InChI is InChI=1S/C24H39N5O2/c1-18-6-7-21(19(2)16-18)22-17-29(14-15-31-22)24(26-3)27-10-4-5-11-28-12-8-20(9-13-28)23(25)30/h6-7,16,20,22H,4-5,8-15,17H2,1-3H3,(H2,25,30)(H,26,27). The molecule has 0 aliphatic carbocycles. The second kappa shape index (κ2) is 11.5. The molecule has 2 aliphatic rings. The fraction of sp³-hybridized carbons (Fsp3) is 0.667. The molecule has 0 saturated carbocycles. The average molecular weight is 430 g/mol. The molecule has 2 saturated heterocycles. The van der Waals surface area contributed by atoms with Crippen LogP contribution >= 0.6 is 0 Å². The Hall–Kier alpha value is -2.12. The maximum absolute atomic E-state index is 11.3. The zero-order chi connectivity index (χ0) is 22.2. The van der Waals surface area contributed by atoms with E-state index in [1.807, 2.05) is 7.05 Å². The summed E-state index contributed by atoms with van der Waals surface area (Å²) in [4.78, 5) is 20.6. The molecule has 3 rings (SSSR count). The summed E-state index contributed by atoms with van der Waals surface area (Å²) in [5.74, 6) is 0.890. The number of carbonyl (C=O) groups excluding carboxylic acids is 1. The van der Waals surface area contributed by atoms with Crippen LogP contribution in [0, 0.1) is 19.8 Å². The highest BCUT2D eigenvalue weighted by Crippen LogP contribution is 2.26. The van der Waals surface area contributed by atoms with Crippen molar-refractivity contribution in [3.05, 3.63) is 34.9 Å². The number of morpholine rings is 1. The van der Waals surface area contributed by atoms with E-state index in [2.05, 4.69) is 52.2 Å². The molecule has 172 valence electrons. The average Bonchev–Trinajstić information content (AvgIpc) is 2.76. The quantitative estimate of drug-likeness (QED) is 0.395. The summed E-state index contributed by atoms with van der Waals surface area (Å²) < 4.78 is 6.08. The molecule has 0 spiro atoms. The smallest absolute Gasteiger partial charge is 0.220 e. The largest absolute Gasteiger partial charge is 0.370 e. The molecule has 7 nitrogen and oxygen atoms in total.